The predicted octanol–water partition coefficient (Wildman–Crippen LogP) is 2.51. The second kappa shape index (κ2) is 7.61. The highest BCUT2D eigenvalue weighted by Gasteiger charge is 2.32. The van der Waals surface area contributed by atoms with Gasteiger partial charge >= 0.3 is 0 Å². The first-order chi connectivity index (χ1) is 9.24. The molecular formula is C16H32N2O. The van der Waals surface area contributed by atoms with Crippen molar-refractivity contribution in [2.45, 2.75) is 58.5 Å². The molecule has 1 N–H and O–H groups in total. The van der Waals surface area contributed by atoms with E-state index in [1.165, 1.54) is 32.2 Å². The summed E-state index contributed by atoms with van der Waals surface area (Å²) in [4.78, 5) is 2.69. The summed E-state index contributed by atoms with van der Waals surface area (Å²) in [6, 6.07) is 1.38. The van der Waals surface area contributed by atoms with Gasteiger partial charge < -0.3 is 10.1 Å². The molecule has 1 saturated carbocycles. The largest absolute Gasteiger partial charge is 0.378 e. The first kappa shape index (κ1) is 15.3. The highest BCUT2D eigenvalue weighted by molar-refractivity contribution is 4.87. The zero-order valence-corrected chi connectivity index (χ0v) is 13.0. The molecule has 0 bridgehead atoms. The highest BCUT2D eigenvalue weighted by atomic mass is 16.5. The summed E-state index contributed by atoms with van der Waals surface area (Å²) in [5.74, 6) is 1.73. The van der Waals surface area contributed by atoms with Crippen LogP contribution in [-0.2, 0) is 4.74 Å². The fourth-order valence-electron chi connectivity index (χ4n) is 3.84. The van der Waals surface area contributed by atoms with E-state index in [1.807, 2.05) is 0 Å². The fraction of sp³-hybridized carbons (Fsp3) is 1.00. The molecule has 4 atom stereocenters. The summed E-state index contributed by atoms with van der Waals surface area (Å²) < 4.78 is 5.63. The van der Waals surface area contributed by atoms with Crippen molar-refractivity contribution in [3.8, 4) is 0 Å². The Hall–Kier alpha value is -0.120. The number of hydrogen-bond donors (Lipinski definition) is 1. The standard InChI is InChI=1S/C16H32N2O/c1-4-15-12-19-9-8-18(15)11-14-10-13(3)6-7-16(14)17-5-2/h13-17H,4-12H2,1-3H3. The topological polar surface area (TPSA) is 24.5 Å². The van der Waals surface area contributed by atoms with Gasteiger partial charge in [0.25, 0.3) is 0 Å². The molecule has 1 aliphatic carbocycles. The molecule has 1 saturated heterocycles. The Kier molecular flexibility index (Phi) is 6.11. The predicted molar refractivity (Wildman–Crippen MR) is 80.4 cm³/mol. The van der Waals surface area contributed by atoms with Crippen LogP contribution in [0.25, 0.3) is 0 Å². The maximum absolute atomic E-state index is 5.63. The van der Waals surface area contributed by atoms with Crippen molar-refractivity contribution in [1.82, 2.24) is 10.2 Å². The van der Waals surface area contributed by atoms with Crippen LogP contribution >= 0.6 is 0 Å². The molecular weight excluding hydrogens is 236 g/mol. The number of hydrogen-bond acceptors (Lipinski definition) is 3. The Balaban J connectivity index is 1.92. The van der Waals surface area contributed by atoms with E-state index in [0.29, 0.717) is 6.04 Å². The number of rotatable bonds is 5. The number of morpholine rings is 1. The van der Waals surface area contributed by atoms with Crippen LogP contribution < -0.4 is 5.32 Å². The summed E-state index contributed by atoms with van der Waals surface area (Å²) in [5.41, 5.74) is 0. The van der Waals surface area contributed by atoms with Gasteiger partial charge in [0, 0.05) is 25.2 Å². The number of nitrogens with zero attached hydrogens (tertiary/aromatic N) is 1. The molecule has 1 aliphatic heterocycles. The Morgan fingerprint density at radius 2 is 2.11 bits per heavy atom. The van der Waals surface area contributed by atoms with E-state index in [4.69, 9.17) is 4.74 Å². The monoisotopic (exact) mass is 268 g/mol. The molecule has 4 unspecified atom stereocenters. The van der Waals surface area contributed by atoms with Crippen molar-refractivity contribution in [2.75, 3.05) is 32.8 Å². The third kappa shape index (κ3) is 4.17. The number of nitrogens with one attached hydrogen (secondary N) is 1. The van der Waals surface area contributed by atoms with Crippen molar-refractivity contribution in [2.24, 2.45) is 11.8 Å². The molecule has 0 radical (unpaired) electrons. The lowest BCUT2D eigenvalue weighted by molar-refractivity contribution is -0.0219. The SMILES string of the molecule is CCNC1CCC(C)CC1CN1CCOCC1CC. The Bertz CT molecular complexity index is 259. The third-order valence-electron chi connectivity index (χ3n) is 5.00. The van der Waals surface area contributed by atoms with Crippen LogP contribution in [0.3, 0.4) is 0 Å². The molecule has 0 aromatic rings. The minimum atomic E-state index is 0.647. The minimum absolute atomic E-state index is 0.647. The van der Waals surface area contributed by atoms with E-state index in [1.54, 1.807) is 0 Å². The molecule has 2 fully saturated rings. The highest BCUT2D eigenvalue weighted by Crippen LogP contribution is 2.30. The van der Waals surface area contributed by atoms with Crippen LogP contribution in [0.4, 0.5) is 0 Å². The third-order valence-corrected chi connectivity index (χ3v) is 5.00. The Morgan fingerprint density at radius 1 is 1.26 bits per heavy atom. The molecule has 0 spiro atoms. The molecule has 3 nitrogen and oxygen atoms in total. The molecule has 0 amide bonds. The minimum Gasteiger partial charge on any atom is -0.378 e. The maximum atomic E-state index is 5.63. The first-order valence-corrected chi connectivity index (χ1v) is 8.29. The zero-order chi connectivity index (χ0) is 13.7. The summed E-state index contributed by atoms with van der Waals surface area (Å²) >= 11 is 0. The van der Waals surface area contributed by atoms with Crippen molar-refractivity contribution in [3.63, 3.8) is 0 Å². The van der Waals surface area contributed by atoms with E-state index in [0.717, 1.165) is 44.2 Å². The fourth-order valence-corrected chi connectivity index (χ4v) is 3.84. The van der Waals surface area contributed by atoms with Crippen LogP contribution in [0, 0.1) is 11.8 Å². The lowest BCUT2D eigenvalue weighted by Gasteiger charge is -2.42. The van der Waals surface area contributed by atoms with Crippen molar-refractivity contribution >= 4 is 0 Å². The summed E-state index contributed by atoms with van der Waals surface area (Å²) in [7, 11) is 0. The average molecular weight is 268 g/mol. The zero-order valence-electron chi connectivity index (χ0n) is 13.0. The molecule has 3 heteroatoms. The van der Waals surface area contributed by atoms with E-state index in [2.05, 4.69) is 31.0 Å². The molecule has 112 valence electrons. The van der Waals surface area contributed by atoms with Crippen LogP contribution in [-0.4, -0.2) is 49.8 Å². The average Bonchev–Trinajstić information content (AvgIpc) is 2.42. The number of ether oxygens (including phenoxy) is 1. The normalized spacial score (nSPS) is 37.4. The van der Waals surface area contributed by atoms with Gasteiger partial charge in [-0.15, -0.1) is 0 Å². The van der Waals surface area contributed by atoms with Gasteiger partial charge in [-0.1, -0.05) is 20.8 Å². The summed E-state index contributed by atoms with van der Waals surface area (Å²) in [6.45, 7) is 12.3. The van der Waals surface area contributed by atoms with Crippen LogP contribution in [0.1, 0.15) is 46.5 Å². The van der Waals surface area contributed by atoms with Gasteiger partial charge in [0.2, 0.25) is 0 Å². The van der Waals surface area contributed by atoms with Gasteiger partial charge in [-0.05, 0) is 44.1 Å². The van der Waals surface area contributed by atoms with E-state index in [-0.39, 0.29) is 0 Å². The van der Waals surface area contributed by atoms with Gasteiger partial charge in [-0.2, -0.15) is 0 Å². The lowest BCUT2D eigenvalue weighted by Crippen LogP contribution is -2.51. The lowest BCUT2D eigenvalue weighted by atomic mass is 9.78. The first-order valence-electron chi connectivity index (χ1n) is 8.29. The van der Waals surface area contributed by atoms with E-state index >= 15 is 0 Å². The molecule has 19 heavy (non-hydrogen) atoms. The van der Waals surface area contributed by atoms with E-state index in [9.17, 15) is 0 Å². The molecule has 0 aromatic heterocycles. The van der Waals surface area contributed by atoms with Gasteiger partial charge in [0.1, 0.15) is 0 Å². The maximum Gasteiger partial charge on any atom is 0.0622 e. The van der Waals surface area contributed by atoms with E-state index < -0.39 is 0 Å². The van der Waals surface area contributed by atoms with Gasteiger partial charge in [-0.25, -0.2) is 0 Å². The second-order valence-corrected chi connectivity index (χ2v) is 6.47. The molecule has 0 aromatic carbocycles. The Morgan fingerprint density at radius 3 is 2.84 bits per heavy atom. The second-order valence-electron chi connectivity index (χ2n) is 6.47. The van der Waals surface area contributed by atoms with Crippen LogP contribution in [0.5, 0.6) is 0 Å². The van der Waals surface area contributed by atoms with Gasteiger partial charge in [0.05, 0.1) is 13.2 Å². The van der Waals surface area contributed by atoms with Crippen molar-refractivity contribution < 1.29 is 4.74 Å². The smallest absolute Gasteiger partial charge is 0.0622 e. The summed E-state index contributed by atoms with van der Waals surface area (Å²) in [5, 5.41) is 3.72. The molecule has 1 heterocycles. The van der Waals surface area contributed by atoms with Gasteiger partial charge in [-0.3, -0.25) is 4.90 Å². The molecule has 2 rings (SSSR count). The quantitative estimate of drug-likeness (QED) is 0.829. The summed E-state index contributed by atoms with van der Waals surface area (Å²) in [6.07, 6.45) is 5.37. The van der Waals surface area contributed by atoms with Crippen LogP contribution in [0.15, 0.2) is 0 Å². The van der Waals surface area contributed by atoms with Gasteiger partial charge in [0.15, 0.2) is 0 Å². The van der Waals surface area contributed by atoms with Crippen molar-refractivity contribution in [3.05, 3.63) is 0 Å². The van der Waals surface area contributed by atoms with Crippen molar-refractivity contribution in [1.29, 1.82) is 0 Å². The van der Waals surface area contributed by atoms with Crippen LogP contribution in [0.2, 0.25) is 0 Å². The Labute approximate surface area is 119 Å². The molecule has 2 aliphatic rings.